The van der Waals surface area contributed by atoms with E-state index in [1.807, 2.05) is 0 Å². The number of carbonyl (C=O) groups is 1. The molecule has 0 saturated heterocycles. The third-order valence-corrected chi connectivity index (χ3v) is 4.22. The Balaban J connectivity index is 1.75. The van der Waals surface area contributed by atoms with Crippen LogP contribution in [-0.4, -0.2) is 34.1 Å². The summed E-state index contributed by atoms with van der Waals surface area (Å²) in [5, 5.41) is 7.67. The van der Waals surface area contributed by atoms with Crippen molar-refractivity contribution in [2.24, 2.45) is 11.1 Å². The van der Waals surface area contributed by atoms with E-state index in [1.165, 1.54) is 19.8 Å². The number of amides is 1. The van der Waals surface area contributed by atoms with Crippen LogP contribution < -0.4 is 10.5 Å². The number of carbonyl (C=O) groups excluding carboxylic acids is 1. The molecular weight excluding hydrogens is 296 g/mol. The van der Waals surface area contributed by atoms with Gasteiger partial charge in [0.15, 0.2) is 5.76 Å². The number of hydrogen-bond donors (Lipinski definition) is 2. The molecule has 7 nitrogen and oxygen atoms in total. The zero-order chi connectivity index (χ0) is 15.5. The van der Waals surface area contributed by atoms with Gasteiger partial charge in [0.25, 0.3) is 5.91 Å². The molecule has 1 aromatic rings. The smallest absolute Gasteiger partial charge is 0.287 e. The number of hydrogen-bond acceptors (Lipinski definition) is 5. The van der Waals surface area contributed by atoms with Crippen LogP contribution in [0.2, 0.25) is 0 Å². The molecule has 1 amide bonds. The van der Waals surface area contributed by atoms with Gasteiger partial charge in [0.05, 0.1) is 0 Å². The standard InChI is InChI=1S/C13H20N2O5S/c1-9-12(21(14,17)18)7-11(20-9)13(16)15-5-2-6-19-8-10-3-4-10/h7,10H,2-6,8H2,1H3,(H,15,16)(H2,14,17,18). The third kappa shape index (κ3) is 4.83. The highest BCUT2D eigenvalue weighted by Crippen LogP contribution is 2.28. The molecule has 2 rings (SSSR count). The molecule has 1 aromatic heterocycles. The molecule has 0 spiro atoms. The van der Waals surface area contributed by atoms with Gasteiger partial charge in [-0.25, -0.2) is 13.6 Å². The Labute approximate surface area is 123 Å². The molecule has 1 saturated carbocycles. The van der Waals surface area contributed by atoms with Crippen molar-refractivity contribution >= 4 is 15.9 Å². The van der Waals surface area contributed by atoms with Crippen LogP contribution in [0.4, 0.5) is 0 Å². The van der Waals surface area contributed by atoms with Crippen molar-refractivity contribution in [2.75, 3.05) is 19.8 Å². The minimum absolute atomic E-state index is 0.0598. The van der Waals surface area contributed by atoms with Crippen LogP contribution in [0, 0.1) is 12.8 Å². The maximum atomic E-state index is 11.8. The van der Waals surface area contributed by atoms with Gasteiger partial charge in [0, 0.05) is 25.8 Å². The first-order valence-electron chi connectivity index (χ1n) is 6.87. The van der Waals surface area contributed by atoms with Crippen molar-refractivity contribution < 1.29 is 22.4 Å². The Morgan fingerprint density at radius 2 is 2.24 bits per heavy atom. The third-order valence-electron chi connectivity index (χ3n) is 3.20. The van der Waals surface area contributed by atoms with E-state index in [1.54, 1.807) is 0 Å². The van der Waals surface area contributed by atoms with Crippen molar-refractivity contribution in [1.29, 1.82) is 0 Å². The van der Waals surface area contributed by atoms with E-state index < -0.39 is 15.9 Å². The Morgan fingerprint density at radius 3 is 2.81 bits per heavy atom. The lowest BCUT2D eigenvalue weighted by atomic mass is 10.4. The monoisotopic (exact) mass is 316 g/mol. The molecule has 118 valence electrons. The fourth-order valence-corrected chi connectivity index (χ4v) is 2.57. The molecule has 0 radical (unpaired) electrons. The van der Waals surface area contributed by atoms with Crippen LogP contribution in [0.3, 0.4) is 0 Å². The maximum Gasteiger partial charge on any atom is 0.287 e. The van der Waals surface area contributed by atoms with E-state index in [0.717, 1.165) is 18.6 Å². The highest BCUT2D eigenvalue weighted by Gasteiger charge is 2.21. The number of sulfonamides is 1. The van der Waals surface area contributed by atoms with Crippen LogP contribution >= 0.6 is 0 Å². The first-order valence-corrected chi connectivity index (χ1v) is 8.41. The second-order valence-electron chi connectivity index (χ2n) is 5.20. The van der Waals surface area contributed by atoms with Crippen LogP contribution in [0.1, 0.15) is 35.6 Å². The lowest BCUT2D eigenvalue weighted by Crippen LogP contribution is -2.25. The summed E-state index contributed by atoms with van der Waals surface area (Å²) < 4.78 is 33.1. The van der Waals surface area contributed by atoms with Crippen LogP contribution in [0.5, 0.6) is 0 Å². The molecule has 1 fully saturated rings. The van der Waals surface area contributed by atoms with Gasteiger partial charge in [0.1, 0.15) is 10.7 Å². The number of nitrogens with two attached hydrogens (primary N) is 1. The Bertz CT molecular complexity index is 604. The predicted octanol–water partition coefficient (Wildman–Crippen LogP) is 0.782. The fourth-order valence-electron chi connectivity index (χ4n) is 1.86. The highest BCUT2D eigenvalue weighted by atomic mass is 32.2. The summed E-state index contributed by atoms with van der Waals surface area (Å²) in [5.41, 5.74) is 0. The number of furan rings is 1. The Hall–Kier alpha value is -1.38. The number of rotatable bonds is 8. The lowest BCUT2D eigenvalue weighted by Gasteiger charge is -2.04. The average Bonchev–Trinajstić information content (AvgIpc) is 3.12. The topological polar surface area (TPSA) is 112 Å². The average molecular weight is 316 g/mol. The summed E-state index contributed by atoms with van der Waals surface area (Å²) in [6, 6.07) is 1.14. The zero-order valence-corrected chi connectivity index (χ0v) is 12.7. The summed E-state index contributed by atoms with van der Waals surface area (Å²) in [6.07, 6.45) is 3.20. The summed E-state index contributed by atoms with van der Waals surface area (Å²) in [4.78, 5) is 11.6. The maximum absolute atomic E-state index is 11.8. The van der Waals surface area contributed by atoms with Crippen molar-refractivity contribution in [1.82, 2.24) is 5.32 Å². The van der Waals surface area contributed by atoms with E-state index in [2.05, 4.69) is 5.32 Å². The highest BCUT2D eigenvalue weighted by molar-refractivity contribution is 7.89. The summed E-state index contributed by atoms with van der Waals surface area (Å²) in [5.74, 6) is 0.309. The normalized spacial score (nSPS) is 15.1. The molecule has 0 unspecified atom stereocenters. The summed E-state index contributed by atoms with van der Waals surface area (Å²) in [6.45, 7) is 3.27. The number of nitrogens with one attached hydrogen (secondary N) is 1. The summed E-state index contributed by atoms with van der Waals surface area (Å²) in [7, 11) is -3.87. The Kier molecular flexibility index (Phi) is 5.02. The SMILES string of the molecule is Cc1oc(C(=O)NCCCOCC2CC2)cc1S(N)(=O)=O. The van der Waals surface area contributed by atoms with Gasteiger partial charge in [-0.2, -0.15) is 0 Å². The van der Waals surface area contributed by atoms with E-state index >= 15 is 0 Å². The molecule has 0 aromatic carbocycles. The number of aryl methyl sites for hydroxylation is 1. The second kappa shape index (κ2) is 6.59. The zero-order valence-electron chi connectivity index (χ0n) is 11.9. The van der Waals surface area contributed by atoms with Crippen LogP contribution in [0.25, 0.3) is 0 Å². The van der Waals surface area contributed by atoms with Crippen molar-refractivity contribution in [2.45, 2.75) is 31.1 Å². The van der Waals surface area contributed by atoms with Crippen molar-refractivity contribution in [3.8, 4) is 0 Å². The minimum Gasteiger partial charge on any atom is -0.455 e. The van der Waals surface area contributed by atoms with E-state index in [0.29, 0.717) is 19.6 Å². The molecule has 0 atom stereocenters. The molecule has 21 heavy (non-hydrogen) atoms. The van der Waals surface area contributed by atoms with Crippen molar-refractivity contribution in [3.05, 3.63) is 17.6 Å². The van der Waals surface area contributed by atoms with Gasteiger partial charge >= 0.3 is 0 Å². The van der Waals surface area contributed by atoms with Crippen molar-refractivity contribution in [3.63, 3.8) is 0 Å². The quantitative estimate of drug-likeness (QED) is 0.688. The van der Waals surface area contributed by atoms with Gasteiger partial charge in [-0.05, 0) is 32.1 Å². The van der Waals surface area contributed by atoms with E-state index in [9.17, 15) is 13.2 Å². The second-order valence-corrected chi connectivity index (χ2v) is 6.73. The molecule has 0 bridgehead atoms. The van der Waals surface area contributed by atoms with Gasteiger partial charge in [-0.15, -0.1) is 0 Å². The minimum atomic E-state index is -3.87. The van der Waals surface area contributed by atoms with Gasteiger partial charge in [0.2, 0.25) is 10.0 Å². The largest absolute Gasteiger partial charge is 0.455 e. The van der Waals surface area contributed by atoms with Gasteiger partial charge in [-0.1, -0.05) is 0 Å². The molecule has 8 heteroatoms. The lowest BCUT2D eigenvalue weighted by molar-refractivity contribution is 0.0909. The Morgan fingerprint density at radius 1 is 1.52 bits per heavy atom. The molecule has 1 heterocycles. The van der Waals surface area contributed by atoms with Crippen LogP contribution in [-0.2, 0) is 14.8 Å². The first-order chi connectivity index (χ1) is 9.88. The van der Waals surface area contributed by atoms with E-state index in [4.69, 9.17) is 14.3 Å². The van der Waals surface area contributed by atoms with Crippen LogP contribution in [0.15, 0.2) is 15.4 Å². The molecule has 3 N–H and O–H groups in total. The predicted molar refractivity (Wildman–Crippen MR) is 75.3 cm³/mol. The number of ether oxygens (including phenoxy) is 1. The summed E-state index contributed by atoms with van der Waals surface area (Å²) >= 11 is 0. The molecule has 0 aliphatic heterocycles. The van der Waals surface area contributed by atoms with Gasteiger partial charge < -0.3 is 14.5 Å². The fraction of sp³-hybridized carbons (Fsp3) is 0.615. The number of primary sulfonamides is 1. The molecule has 1 aliphatic rings. The first kappa shape index (κ1) is 16.0. The molecular formula is C13H20N2O5S. The van der Waals surface area contributed by atoms with Gasteiger partial charge in [-0.3, -0.25) is 4.79 Å². The van der Waals surface area contributed by atoms with E-state index in [-0.39, 0.29) is 16.4 Å². The molecule has 1 aliphatic carbocycles.